The van der Waals surface area contributed by atoms with E-state index in [0.29, 0.717) is 11.3 Å². The Hall–Kier alpha value is -3.17. The summed E-state index contributed by atoms with van der Waals surface area (Å²) in [6.45, 7) is 0. The van der Waals surface area contributed by atoms with Crippen molar-refractivity contribution in [3.05, 3.63) is 53.8 Å². The van der Waals surface area contributed by atoms with E-state index >= 15 is 0 Å². The first-order valence-corrected chi connectivity index (χ1v) is 6.49. The molecule has 6 nitrogen and oxygen atoms in total. The summed E-state index contributed by atoms with van der Waals surface area (Å²) in [6.07, 6.45) is -4.70. The van der Waals surface area contributed by atoms with E-state index in [1.54, 1.807) is 5.10 Å². The van der Waals surface area contributed by atoms with E-state index in [0.717, 1.165) is 0 Å². The summed E-state index contributed by atoms with van der Waals surface area (Å²) in [6, 6.07) is 8.17. The Morgan fingerprint density at radius 2 is 1.83 bits per heavy atom. The Bertz CT molecular complexity index is 868. The molecule has 3 rings (SSSR count). The molecule has 124 valence electrons. The topological polar surface area (TPSA) is 83.8 Å². The Morgan fingerprint density at radius 1 is 1.12 bits per heavy atom. The standard InChI is InChI=1S/C14H8F4N4O2/c15-8-3-1-7(2-4-8)9-5-6-10(24-9)11(23)19-13-20-12(21-22-13)14(16,17)18/h1-6H,(H2,19,20,21,22,23). The Morgan fingerprint density at radius 3 is 2.46 bits per heavy atom. The van der Waals surface area contributed by atoms with Gasteiger partial charge in [-0.25, -0.2) is 4.39 Å². The van der Waals surface area contributed by atoms with Gasteiger partial charge in [0, 0.05) is 5.56 Å². The number of hydrogen-bond acceptors (Lipinski definition) is 4. The molecule has 0 aliphatic carbocycles. The van der Waals surface area contributed by atoms with Gasteiger partial charge in [-0.1, -0.05) is 0 Å². The number of H-pyrrole nitrogens is 1. The lowest BCUT2D eigenvalue weighted by Crippen LogP contribution is -2.12. The van der Waals surface area contributed by atoms with E-state index in [2.05, 4.69) is 15.4 Å². The molecule has 0 radical (unpaired) electrons. The third-order valence-corrected chi connectivity index (χ3v) is 2.94. The minimum Gasteiger partial charge on any atom is -0.451 e. The zero-order valence-corrected chi connectivity index (χ0v) is 11.7. The van der Waals surface area contributed by atoms with Gasteiger partial charge in [-0.3, -0.25) is 15.2 Å². The molecular weight excluding hydrogens is 332 g/mol. The number of furan rings is 1. The minimum absolute atomic E-state index is 0.160. The molecule has 0 aliphatic rings. The highest BCUT2D eigenvalue weighted by Crippen LogP contribution is 2.26. The molecule has 0 unspecified atom stereocenters. The van der Waals surface area contributed by atoms with Crippen LogP contribution in [-0.4, -0.2) is 21.1 Å². The van der Waals surface area contributed by atoms with Gasteiger partial charge in [0.05, 0.1) is 0 Å². The van der Waals surface area contributed by atoms with Crippen LogP contribution in [-0.2, 0) is 6.18 Å². The quantitative estimate of drug-likeness (QED) is 0.715. The van der Waals surface area contributed by atoms with E-state index in [4.69, 9.17) is 4.42 Å². The number of anilines is 1. The van der Waals surface area contributed by atoms with Crippen LogP contribution in [0.5, 0.6) is 0 Å². The number of nitrogens with one attached hydrogen (secondary N) is 2. The molecule has 2 aromatic heterocycles. The molecule has 2 N–H and O–H groups in total. The average molecular weight is 340 g/mol. The van der Waals surface area contributed by atoms with E-state index in [9.17, 15) is 22.4 Å². The lowest BCUT2D eigenvalue weighted by molar-refractivity contribution is -0.144. The predicted molar refractivity (Wildman–Crippen MR) is 73.4 cm³/mol. The van der Waals surface area contributed by atoms with Crippen LogP contribution in [0.3, 0.4) is 0 Å². The molecule has 0 bridgehead atoms. The van der Waals surface area contributed by atoms with E-state index in [1.807, 2.05) is 0 Å². The minimum atomic E-state index is -4.70. The fraction of sp³-hybridized carbons (Fsp3) is 0.0714. The summed E-state index contributed by atoms with van der Waals surface area (Å²) in [7, 11) is 0. The number of aromatic amines is 1. The van der Waals surface area contributed by atoms with Gasteiger partial charge in [0.25, 0.3) is 5.91 Å². The number of hydrogen-bond donors (Lipinski definition) is 2. The first kappa shape index (κ1) is 15.7. The van der Waals surface area contributed by atoms with E-state index < -0.39 is 29.7 Å². The third-order valence-electron chi connectivity index (χ3n) is 2.94. The molecule has 3 aromatic rings. The molecule has 1 amide bonds. The van der Waals surface area contributed by atoms with Gasteiger partial charge in [0.15, 0.2) is 5.76 Å². The molecule has 0 spiro atoms. The first-order valence-electron chi connectivity index (χ1n) is 6.49. The van der Waals surface area contributed by atoms with Gasteiger partial charge < -0.3 is 4.42 Å². The highest BCUT2D eigenvalue weighted by Gasteiger charge is 2.35. The van der Waals surface area contributed by atoms with Crippen LogP contribution in [0.1, 0.15) is 16.4 Å². The number of halogens is 4. The fourth-order valence-electron chi connectivity index (χ4n) is 1.84. The molecule has 0 atom stereocenters. The second-order valence-corrected chi connectivity index (χ2v) is 4.63. The van der Waals surface area contributed by atoms with Crippen LogP contribution in [0.4, 0.5) is 23.5 Å². The van der Waals surface area contributed by atoms with Gasteiger partial charge in [-0.2, -0.15) is 18.2 Å². The van der Waals surface area contributed by atoms with Crippen molar-refractivity contribution in [3.8, 4) is 11.3 Å². The molecule has 1 aromatic carbocycles. The maximum Gasteiger partial charge on any atom is 0.451 e. The monoisotopic (exact) mass is 340 g/mol. The van der Waals surface area contributed by atoms with Crippen molar-refractivity contribution in [1.29, 1.82) is 0 Å². The summed E-state index contributed by atoms with van der Waals surface area (Å²) < 4.78 is 55.3. The van der Waals surface area contributed by atoms with Crippen molar-refractivity contribution in [2.45, 2.75) is 6.18 Å². The number of aromatic nitrogens is 3. The van der Waals surface area contributed by atoms with Gasteiger partial charge in [0.2, 0.25) is 11.8 Å². The van der Waals surface area contributed by atoms with Crippen molar-refractivity contribution in [1.82, 2.24) is 15.2 Å². The normalized spacial score (nSPS) is 11.5. The smallest absolute Gasteiger partial charge is 0.451 e. The summed E-state index contributed by atoms with van der Waals surface area (Å²) in [5.41, 5.74) is 0.535. The van der Waals surface area contributed by atoms with Crippen molar-refractivity contribution < 1.29 is 26.8 Å². The molecule has 24 heavy (non-hydrogen) atoms. The van der Waals surface area contributed by atoms with Crippen molar-refractivity contribution in [3.63, 3.8) is 0 Å². The SMILES string of the molecule is O=C(Nc1n[nH]c(C(F)(F)F)n1)c1ccc(-c2ccc(F)cc2)o1. The number of carbonyl (C=O) groups excluding carboxylic acids is 1. The van der Waals surface area contributed by atoms with Crippen LogP contribution in [0, 0.1) is 5.82 Å². The average Bonchev–Trinajstić information content (AvgIpc) is 3.16. The van der Waals surface area contributed by atoms with Gasteiger partial charge in [0.1, 0.15) is 11.6 Å². The zero-order valence-electron chi connectivity index (χ0n) is 11.7. The number of amides is 1. The third kappa shape index (κ3) is 3.26. The second-order valence-electron chi connectivity index (χ2n) is 4.63. The number of alkyl halides is 3. The van der Waals surface area contributed by atoms with E-state index in [-0.39, 0.29) is 5.76 Å². The van der Waals surface area contributed by atoms with Crippen LogP contribution in [0.15, 0.2) is 40.8 Å². The van der Waals surface area contributed by atoms with Crippen molar-refractivity contribution in [2.24, 2.45) is 0 Å². The molecular formula is C14H8F4N4O2. The molecule has 0 aliphatic heterocycles. The molecule has 0 saturated heterocycles. The Kier molecular flexibility index (Phi) is 3.80. The zero-order chi connectivity index (χ0) is 17.3. The first-order chi connectivity index (χ1) is 11.3. The Balaban J connectivity index is 1.74. The van der Waals surface area contributed by atoms with Crippen LogP contribution in [0.2, 0.25) is 0 Å². The summed E-state index contributed by atoms with van der Waals surface area (Å²) in [5.74, 6) is -2.97. The van der Waals surface area contributed by atoms with Gasteiger partial charge in [-0.05, 0) is 36.4 Å². The summed E-state index contributed by atoms with van der Waals surface area (Å²) in [4.78, 5) is 15.0. The predicted octanol–water partition coefficient (Wildman–Crippen LogP) is 3.47. The van der Waals surface area contributed by atoms with Crippen molar-refractivity contribution >= 4 is 11.9 Å². The highest BCUT2D eigenvalue weighted by atomic mass is 19.4. The van der Waals surface area contributed by atoms with E-state index in [1.165, 1.54) is 36.4 Å². The summed E-state index contributed by atoms with van der Waals surface area (Å²) in [5, 5.41) is 7.00. The maximum absolute atomic E-state index is 12.9. The number of carbonyl (C=O) groups is 1. The van der Waals surface area contributed by atoms with Crippen LogP contribution < -0.4 is 5.32 Å². The molecule has 0 fully saturated rings. The lowest BCUT2D eigenvalue weighted by Gasteiger charge is -1.99. The van der Waals surface area contributed by atoms with Gasteiger partial charge in [-0.15, -0.1) is 5.10 Å². The number of rotatable bonds is 3. The summed E-state index contributed by atoms with van der Waals surface area (Å²) >= 11 is 0. The van der Waals surface area contributed by atoms with Gasteiger partial charge >= 0.3 is 6.18 Å². The van der Waals surface area contributed by atoms with Crippen molar-refractivity contribution in [2.75, 3.05) is 5.32 Å². The van der Waals surface area contributed by atoms with Crippen LogP contribution in [0.25, 0.3) is 11.3 Å². The molecule has 2 heterocycles. The molecule has 0 saturated carbocycles. The molecule has 10 heteroatoms. The number of nitrogens with zero attached hydrogens (tertiary/aromatic N) is 2. The maximum atomic E-state index is 12.9. The number of benzene rings is 1. The highest BCUT2D eigenvalue weighted by molar-refractivity contribution is 6.01. The lowest BCUT2D eigenvalue weighted by atomic mass is 10.2. The Labute approximate surface area is 131 Å². The van der Waals surface area contributed by atoms with Crippen LogP contribution >= 0.6 is 0 Å². The second kappa shape index (κ2) is 5.80. The largest absolute Gasteiger partial charge is 0.451 e. The fourth-order valence-corrected chi connectivity index (χ4v) is 1.84.